The number of hydrogen-bond donors (Lipinski definition) is 0. The largest absolute Gasteiger partial charge is 0.497 e. The number of carbonyl (C=O) groups is 1. The zero-order valence-corrected chi connectivity index (χ0v) is 20.7. The third-order valence-electron chi connectivity index (χ3n) is 4.85. The monoisotopic (exact) mass is 494 g/mol. The SMILES string of the molecule is COCCn1c(=NC(=O)CCCS(=O)(=O)c2ccc(OC)cc2)sc2cc(SC)ccc21. The van der Waals surface area contributed by atoms with Crippen LogP contribution >= 0.6 is 23.1 Å². The Bertz CT molecular complexity index is 1240. The molecule has 0 aliphatic carbocycles. The van der Waals surface area contributed by atoms with E-state index in [4.69, 9.17) is 9.47 Å². The van der Waals surface area contributed by atoms with Gasteiger partial charge in [-0.2, -0.15) is 4.99 Å². The molecule has 0 aliphatic rings. The Morgan fingerprint density at radius 3 is 2.56 bits per heavy atom. The van der Waals surface area contributed by atoms with E-state index in [-0.39, 0.29) is 29.4 Å². The lowest BCUT2D eigenvalue weighted by atomic mass is 10.3. The predicted octanol–water partition coefficient (Wildman–Crippen LogP) is 3.76. The topological polar surface area (TPSA) is 87.0 Å². The van der Waals surface area contributed by atoms with Crippen molar-refractivity contribution in [3.63, 3.8) is 0 Å². The number of amides is 1. The van der Waals surface area contributed by atoms with Crippen LogP contribution in [0.25, 0.3) is 10.2 Å². The molecule has 0 spiro atoms. The van der Waals surface area contributed by atoms with Crippen molar-refractivity contribution in [1.29, 1.82) is 0 Å². The average molecular weight is 495 g/mol. The van der Waals surface area contributed by atoms with Crippen molar-refractivity contribution in [2.75, 3.05) is 32.8 Å². The molecule has 0 aliphatic heterocycles. The highest BCUT2D eigenvalue weighted by molar-refractivity contribution is 7.98. The molecule has 0 bridgehead atoms. The van der Waals surface area contributed by atoms with Gasteiger partial charge in [-0.1, -0.05) is 11.3 Å². The number of fused-ring (bicyclic) bond motifs is 1. The van der Waals surface area contributed by atoms with E-state index >= 15 is 0 Å². The van der Waals surface area contributed by atoms with Crippen LogP contribution in [0.1, 0.15) is 12.8 Å². The van der Waals surface area contributed by atoms with Gasteiger partial charge in [-0.3, -0.25) is 4.79 Å². The molecule has 0 atom stereocenters. The van der Waals surface area contributed by atoms with Gasteiger partial charge in [0, 0.05) is 25.0 Å². The number of hydrogen-bond acceptors (Lipinski definition) is 7. The fourth-order valence-electron chi connectivity index (χ4n) is 3.14. The quantitative estimate of drug-likeness (QED) is 0.399. The Kier molecular flexibility index (Phi) is 8.52. The van der Waals surface area contributed by atoms with Crippen molar-refractivity contribution in [3.8, 4) is 5.75 Å². The zero-order valence-electron chi connectivity index (χ0n) is 18.2. The first kappa shape index (κ1) is 24.5. The van der Waals surface area contributed by atoms with E-state index in [2.05, 4.69) is 11.1 Å². The summed E-state index contributed by atoms with van der Waals surface area (Å²) in [6, 6.07) is 12.4. The van der Waals surface area contributed by atoms with Crippen molar-refractivity contribution < 1.29 is 22.7 Å². The summed E-state index contributed by atoms with van der Waals surface area (Å²) in [7, 11) is -0.318. The Balaban J connectivity index is 1.74. The van der Waals surface area contributed by atoms with E-state index < -0.39 is 9.84 Å². The van der Waals surface area contributed by atoms with Crippen LogP contribution in [-0.2, 0) is 25.9 Å². The van der Waals surface area contributed by atoms with Gasteiger partial charge in [0.05, 0.1) is 34.6 Å². The maximum Gasteiger partial charge on any atom is 0.248 e. The molecule has 0 radical (unpaired) electrons. The number of thioether (sulfide) groups is 1. The van der Waals surface area contributed by atoms with Crippen LogP contribution in [0.3, 0.4) is 0 Å². The van der Waals surface area contributed by atoms with Crippen molar-refractivity contribution in [1.82, 2.24) is 4.57 Å². The molecule has 0 unspecified atom stereocenters. The highest BCUT2D eigenvalue weighted by Gasteiger charge is 2.15. The Morgan fingerprint density at radius 1 is 1.16 bits per heavy atom. The van der Waals surface area contributed by atoms with Crippen LogP contribution < -0.4 is 9.54 Å². The molecular formula is C22H26N2O5S3. The van der Waals surface area contributed by atoms with Gasteiger partial charge < -0.3 is 14.0 Å². The van der Waals surface area contributed by atoms with Crippen molar-refractivity contribution in [2.24, 2.45) is 4.99 Å². The summed E-state index contributed by atoms with van der Waals surface area (Å²) < 4.78 is 38.3. The maximum absolute atomic E-state index is 12.5. The van der Waals surface area contributed by atoms with Crippen LogP contribution in [-0.4, -0.2) is 51.7 Å². The molecule has 32 heavy (non-hydrogen) atoms. The lowest BCUT2D eigenvalue weighted by Crippen LogP contribution is -2.19. The van der Waals surface area contributed by atoms with Crippen LogP contribution in [0, 0.1) is 0 Å². The summed E-state index contributed by atoms with van der Waals surface area (Å²) in [6.45, 7) is 1.07. The van der Waals surface area contributed by atoms with Gasteiger partial charge in [-0.25, -0.2) is 8.42 Å². The summed E-state index contributed by atoms with van der Waals surface area (Å²) in [6.07, 6.45) is 2.28. The number of thiazole rings is 1. The minimum atomic E-state index is -3.47. The van der Waals surface area contributed by atoms with E-state index in [0.29, 0.717) is 23.7 Å². The minimum absolute atomic E-state index is 0.0595. The van der Waals surface area contributed by atoms with Gasteiger partial charge in [0.25, 0.3) is 0 Å². The Labute approximate surface area is 196 Å². The standard InChI is InChI=1S/C22H26N2O5S3/c1-28-13-12-24-19-11-8-17(30-3)15-20(19)31-22(24)23-21(25)5-4-14-32(26,27)18-9-6-16(29-2)7-10-18/h6-11,15H,4-5,12-14H2,1-3H3. The van der Waals surface area contributed by atoms with Gasteiger partial charge >= 0.3 is 0 Å². The van der Waals surface area contributed by atoms with Gasteiger partial charge in [-0.05, 0) is 55.1 Å². The smallest absolute Gasteiger partial charge is 0.248 e. The number of benzene rings is 2. The molecule has 2 aromatic carbocycles. The second-order valence-electron chi connectivity index (χ2n) is 6.97. The number of methoxy groups -OCH3 is 2. The van der Waals surface area contributed by atoms with Crippen LogP contribution in [0.15, 0.2) is 57.2 Å². The van der Waals surface area contributed by atoms with Gasteiger partial charge in [-0.15, -0.1) is 11.8 Å². The second-order valence-corrected chi connectivity index (χ2v) is 11.0. The number of ether oxygens (including phenoxy) is 2. The van der Waals surface area contributed by atoms with Gasteiger partial charge in [0.2, 0.25) is 5.91 Å². The lowest BCUT2D eigenvalue weighted by Gasteiger charge is -2.05. The van der Waals surface area contributed by atoms with Gasteiger partial charge in [0.15, 0.2) is 14.6 Å². The van der Waals surface area contributed by atoms with E-state index in [1.54, 1.807) is 31.0 Å². The number of carbonyl (C=O) groups excluding carboxylic acids is 1. The molecule has 0 fully saturated rings. The van der Waals surface area contributed by atoms with E-state index in [1.807, 2.05) is 23.0 Å². The lowest BCUT2D eigenvalue weighted by molar-refractivity contribution is -0.118. The average Bonchev–Trinajstić information content (AvgIpc) is 3.13. The number of rotatable bonds is 10. The first-order chi connectivity index (χ1) is 15.4. The number of sulfone groups is 1. The maximum atomic E-state index is 12.5. The highest BCUT2D eigenvalue weighted by Crippen LogP contribution is 2.24. The second kappa shape index (κ2) is 11.1. The van der Waals surface area contributed by atoms with Crippen molar-refractivity contribution in [2.45, 2.75) is 29.2 Å². The molecule has 10 heteroatoms. The molecule has 1 amide bonds. The third kappa shape index (κ3) is 6.00. The molecule has 3 rings (SSSR count). The normalized spacial score (nSPS) is 12.4. The molecular weight excluding hydrogens is 468 g/mol. The molecule has 0 saturated heterocycles. The van der Waals surface area contributed by atoms with E-state index in [1.165, 1.54) is 30.6 Å². The fraction of sp³-hybridized carbons (Fsp3) is 0.364. The molecule has 172 valence electrons. The minimum Gasteiger partial charge on any atom is -0.497 e. The van der Waals surface area contributed by atoms with Crippen LogP contribution in [0.2, 0.25) is 0 Å². The number of aromatic nitrogens is 1. The summed E-state index contributed by atoms with van der Waals surface area (Å²) in [5.74, 6) is 0.138. The first-order valence-electron chi connectivity index (χ1n) is 9.98. The molecule has 1 aromatic heterocycles. The van der Waals surface area contributed by atoms with E-state index in [0.717, 1.165) is 15.1 Å². The summed E-state index contributed by atoms with van der Waals surface area (Å²) in [4.78, 5) is 18.8. The van der Waals surface area contributed by atoms with Crippen LogP contribution in [0.4, 0.5) is 0 Å². The van der Waals surface area contributed by atoms with E-state index in [9.17, 15) is 13.2 Å². The molecule has 0 saturated carbocycles. The predicted molar refractivity (Wildman–Crippen MR) is 128 cm³/mol. The fourth-order valence-corrected chi connectivity index (χ4v) is 6.08. The summed E-state index contributed by atoms with van der Waals surface area (Å²) in [5.41, 5.74) is 0.999. The highest BCUT2D eigenvalue weighted by atomic mass is 32.2. The molecule has 0 N–H and O–H groups in total. The van der Waals surface area contributed by atoms with Crippen molar-refractivity contribution in [3.05, 3.63) is 47.3 Å². The summed E-state index contributed by atoms with van der Waals surface area (Å²) in [5, 5.41) is 0. The van der Waals surface area contributed by atoms with Crippen LogP contribution in [0.5, 0.6) is 5.75 Å². The molecule has 7 nitrogen and oxygen atoms in total. The summed E-state index contributed by atoms with van der Waals surface area (Å²) >= 11 is 3.10. The molecule has 1 heterocycles. The number of nitrogens with zero attached hydrogens (tertiary/aromatic N) is 2. The Morgan fingerprint density at radius 2 is 1.91 bits per heavy atom. The molecule has 3 aromatic rings. The Hall–Kier alpha value is -2.14. The third-order valence-corrected chi connectivity index (χ3v) is 8.43. The van der Waals surface area contributed by atoms with Gasteiger partial charge in [0.1, 0.15) is 5.75 Å². The van der Waals surface area contributed by atoms with Crippen molar-refractivity contribution >= 4 is 49.1 Å². The zero-order chi connectivity index (χ0) is 23.1. The first-order valence-corrected chi connectivity index (χ1v) is 13.7.